The van der Waals surface area contributed by atoms with Crippen LogP contribution in [0.15, 0.2) is 47.0 Å². The Bertz CT molecular complexity index is 988. The molecule has 138 valence electrons. The van der Waals surface area contributed by atoms with Crippen LogP contribution >= 0.6 is 0 Å². The molecule has 1 fully saturated rings. The largest absolute Gasteiger partial charge is 0.337 e. The molecular formula is C19H14F3N3O2. The van der Waals surface area contributed by atoms with E-state index < -0.39 is 11.6 Å². The van der Waals surface area contributed by atoms with Gasteiger partial charge in [-0.05, 0) is 30.3 Å². The summed E-state index contributed by atoms with van der Waals surface area (Å²) in [7, 11) is 0. The normalized spacial score (nSPS) is 16.9. The molecular weight excluding hydrogens is 359 g/mol. The van der Waals surface area contributed by atoms with Gasteiger partial charge in [0.1, 0.15) is 17.5 Å². The van der Waals surface area contributed by atoms with Crippen molar-refractivity contribution in [2.24, 2.45) is 0 Å². The summed E-state index contributed by atoms with van der Waals surface area (Å²) in [4.78, 5) is 18.0. The Labute approximate surface area is 152 Å². The molecule has 27 heavy (non-hydrogen) atoms. The number of likely N-dealkylation sites (tertiary alicyclic amines) is 1. The molecule has 0 aliphatic carbocycles. The van der Waals surface area contributed by atoms with Gasteiger partial charge in [-0.1, -0.05) is 11.2 Å². The number of nitrogens with zero attached hydrogens (tertiary/aromatic N) is 3. The Kier molecular flexibility index (Phi) is 4.39. The lowest BCUT2D eigenvalue weighted by Crippen LogP contribution is -2.25. The van der Waals surface area contributed by atoms with Crippen LogP contribution in [0.5, 0.6) is 0 Å². The first-order valence-electron chi connectivity index (χ1n) is 8.31. The van der Waals surface area contributed by atoms with Crippen LogP contribution in [0.3, 0.4) is 0 Å². The Balaban J connectivity index is 1.48. The average Bonchev–Trinajstić information content (AvgIpc) is 3.25. The third kappa shape index (κ3) is 3.55. The van der Waals surface area contributed by atoms with Crippen molar-refractivity contribution in [2.75, 3.05) is 6.54 Å². The van der Waals surface area contributed by atoms with Crippen LogP contribution in [0.25, 0.3) is 11.5 Å². The lowest BCUT2D eigenvalue weighted by atomic mass is 10.1. The summed E-state index contributed by atoms with van der Waals surface area (Å²) in [6, 6.07) is 8.90. The summed E-state index contributed by atoms with van der Waals surface area (Å²) in [6.07, 6.45) is 0.172. The summed E-state index contributed by atoms with van der Waals surface area (Å²) in [6.45, 7) is 0.349. The maximum Gasteiger partial charge on any atom is 0.257 e. The van der Waals surface area contributed by atoms with E-state index in [1.165, 1.54) is 35.2 Å². The molecule has 1 amide bonds. The van der Waals surface area contributed by atoms with Crippen LogP contribution in [0.4, 0.5) is 13.2 Å². The first kappa shape index (κ1) is 17.3. The smallest absolute Gasteiger partial charge is 0.257 e. The molecule has 1 unspecified atom stereocenters. The Morgan fingerprint density at radius 3 is 2.56 bits per heavy atom. The Morgan fingerprint density at radius 1 is 1.07 bits per heavy atom. The lowest BCUT2D eigenvalue weighted by Gasteiger charge is -2.16. The molecule has 0 N–H and O–H groups in total. The van der Waals surface area contributed by atoms with Gasteiger partial charge in [-0.25, -0.2) is 13.2 Å². The van der Waals surface area contributed by atoms with E-state index in [2.05, 4.69) is 10.1 Å². The first-order chi connectivity index (χ1) is 13.0. The number of amides is 1. The fourth-order valence-corrected chi connectivity index (χ4v) is 3.06. The Hall–Kier alpha value is -3.16. The van der Waals surface area contributed by atoms with Crippen molar-refractivity contribution in [2.45, 2.75) is 18.9 Å². The minimum Gasteiger partial charge on any atom is -0.337 e. The van der Waals surface area contributed by atoms with Crippen molar-refractivity contribution >= 4 is 5.91 Å². The number of aromatic nitrogens is 2. The average molecular weight is 373 g/mol. The van der Waals surface area contributed by atoms with Crippen LogP contribution in [0, 0.1) is 17.5 Å². The van der Waals surface area contributed by atoms with Crippen molar-refractivity contribution in [3.63, 3.8) is 0 Å². The fraction of sp³-hybridized carbons (Fsp3) is 0.211. The van der Waals surface area contributed by atoms with Gasteiger partial charge in [-0.3, -0.25) is 4.79 Å². The zero-order valence-corrected chi connectivity index (χ0v) is 14.0. The summed E-state index contributed by atoms with van der Waals surface area (Å²) in [5.41, 5.74) is 0.815. The molecule has 1 aliphatic rings. The van der Waals surface area contributed by atoms with E-state index in [0.29, 0.717) is 17.9 Å². The Morgan fingerprint density at radius 2 is 1.81 bits per heavy atom. The third-order valence-corrected chi connectivity index (χ3v) is 4.49. The third-order valence-electron chi connectivity index (χ3n) is 4.49. The van der Waals surface area contributed by atoms with Gasteiger partial charge >= 0.3 is 0 Å². The highest BCUT2D eigenvalue weighted by atomic mass is 19.1. The van der Waals surface area contributed by atoms with Crippen LogP contribution in [0.1, 0.15) is 23.7 Å². The molecule has 1 saturated heterocycles. The summed E-state index contributed by atoms with van der Waals surface area (Å²) >= 11 is 0. The maximum absolute atomic E-state index is 13.8. The van der Waals surface area contributed by atoms with E-state index in [1.807, 2.05) is 0 Å². The number of carbonyl (C=O) groups excluding carboxylic acids is 1. The zero-order valence-electron chi connectivity index (χ0n) is 14.0. The number of benzene rings is 2. The van der Waals surface area contributed by atoms with Crippen molar-refractivity contribution < 1.29 is 22.5 Å². The van der Waals surface area contributed by atoms with Gasteiger partial charge in [0.25, 0.3) is 5.89 Å². The molecule has 1 aromatic heterocycles. The maximum atomic E-state index is 13.8. The van der Waals surface area contributed by atoms with Gasteiger partial charge in [-0.2, -0.15) is 4.98 Å². The van der Waals surface area contributed by atoms with Gasteiger partial charge in [0.2, 0.25) is 5.91 Å². The molecule has 5 nitrogen and oxygen atoms in total. The quantitative estimate of drug-likeness (QED) is 0.700. The van der Waals surface area contributed by atoms with Crippen molar-refractivity contribution in [3.8, 4) is 11.5 Å². The summed E-state index contributed by atoms with van der Waals surface area (Å²) in [5, 5.41) is 3.92. The van der Waals surface area contributed by atoms with E-state index in [0.717, 1.165) is 12.1 Å². The van der Waals surface area contributed by atoms with E-state index in [9.17, 15) is 18.0 Å². The highest BCUT2D eigenvalue weighted by Crippen LogP contribution is 2.29. The van der Waals surface area contributed by atoms with Crippen molar-refractivity contribution in [3.05, 3.63) is 71.3 Å². The van der Waals surface area contributed by atoms with Gasteiger partial charge in [0.15, 0.2) is 5.82 Å². The van der Waals surface area contributed by atoms with Crippen LogP contribution in [-0.2, 0) is 11.3 Å². The molecule has 2 aromatic carbocycles. The monoisotopic (exact) mass is 373 g/mol. The minimum absolute atomic E-state index is 0.0458. The lowest BCUT2D eigenvalue weighted by molar-refractivity contribution is -0.128. The highest BCUT2D eigenvalue weighted by molar-refractivity contribution is 5.79. The molecule has 2 heterocycles. The second-order valence-electron chi connectivity index (χ2n) is 6.38. The van der Waals surface area contributed by atoms with E-state index in [1.54, 1.807) is 0 Å². The molecule has 0 radical (unpaired) electrons. The second kappa shape index (κ2) is 6.86. The fourth-order valence-electron chi connectivity index (χ4n) is 3.06. The molecule has 0 bridgehead atoms. The summed E-state index contributed by atoms with van der Waals surface area (Å²) < 4.78 is 45.1. The van der Waals surface area contributed by atoms with Gasteiger partial charge in [-0.15, -0.1) is 0 Å². The van der Waals surface area contributed by atoms with Crippen molar-refractivity contribution in [1.29, 1.82) is 0 Å². The van der Waals surface area contributed by atoms with Crippen LogP contribution in [0.2, 0.25) is 0 Å². The molecule has 1 atom stereocenters. The molecule has 3 aromatic rings. The highest BCUT2D eigenvalue weighted by Gasteiger charge is 2.34. The summed E-state index contributed by atoms with van der Waals surface area (Å²) in [5.74, 6) is -1.59. The molecule has 1 aliphatic heterocycles. The topological polar surface area (TPSA) is 59.2 Å². The van der Waals surface area contributed by atoms with E-state index in [4.69, 9.17) is 4.52 Å². The number of carbonyl (C=O) groups is 1. The molecule has 0 spiro atoms. The van der Waals surface area contributed by atoms with E-state index >= 15 is 0 Å². The van der Waals surface area contributed by atoms with Gasteiger partial charge in [0.05, 0.1) is 0 Å². The number of rotatable bonds is 4. The number of hydrogen-bond donors (Lipinski definition) is 0. The zero-order chi connectivity index (χ0) is 19.0. The first-order valence-corrected chi connectivity index (χ1v) is 8.31. The SMILES string of the molecule is O=C1CC(c2noc(-c3ccc(F)cc3)n2)CN1Cc1ccc(F)cc1F. The number of halogens is 3. The van der Waals surface area contributed by atoms with E-state index in [-0.39, 0.29) is 42.1 Å². The molecule has 4 rings (SSSR count). The predicted molar refractivity (Wildman–Crippen MR) is 88.8 cm³/mol. The minimum atomic E-state index is -0.690. The molecule has 8 heteroatoms. The van der Waals surface area contributed by atoms with Crippen LogP contribution < -0.4 is 0 Å². The van der Waals surface area contributed by atoms with Gasteiger partial charge in [0, 0.05) is 42.6 Å². The van der Waals surface area contributed by atoms with Crippen molar-refractivity contribution in [1.82, 2.24) is 15.0 Å². The van der Waals surface area contributed by atoms with Crippen LogP contribution in [-0.4, -0.2) is 27.5 Å². The standard InChI is InChI=1S/C19H14F3N3O2/c20-14-4-1-11(2-5-14)19-23-18(24-27-19)13-7-17(26)25(10-13)9-12-3-6-15(21)8-16(12)22/h1-6,8,13H,7,9-10H2. The second-order valence-corrected chi connectivity index (χ2v) is 6.38. The number of hydrogen-bond acceptors (Lipinski definition) is 4. The molecule has 0 saturated carbocycles. The van der Waals surface area contributed by atoms with Gasteiger partial charge < -0.3 is 9.42 Å². The predicted octanol–water partition coefficient (Wildman–Crippen LogP) is 3.67.